The van der Waals surface area contributed by atoms with Gasteiger partial charge in [0.2, 0.25) is 11.8 Å². The topological polar surface area (TPSA) is 75.6 Å². The molecule has 0 saturated carbocycles. The number of aryl methyl sites for hydroxylation is 1. The molecule has 1 aromatic carbocycles. The van der Waals surface area contributed by atoms with Gasteiger partial charge in [-0.2, -0.15) is 0 Å². The highest BCUT2D eigenvalue weighted by atomic mass is 19.1. The predicted molar refractivity (Wildman–Crippen MR) is 108 cm³/mol. The highest BCUT2D eigenvalue weighted by Gasteiger charge is 2.36. The minimum absolute atomic E-state index is 0.0135. The number of rotatable bonds is 6. The summed E-state index contributed by atoms with van der Waals surface area (Å²) in [5, 5.41) is 0. The van der Waals surface area contributed by atoms with Gasteiger partial charge in [0.1, 0.15) is 18.2 Å². The molecule has 2 aliphatic heterocycles. The van der Waals surface area contributed by atoms with Crippen LogP contribution in [0.1, 0.15) is 41.5 Å². The van der Waals surface area contributed by atoms with Crippen molar-refractivity contribution in [2.45, 2.75) is 38.6 Å². The van der Waals surface area contributed by atoms with Crippen LogP contribution in [0.4, 0.5) is 10.2 Å². The van der Waals surface area contributed by atoms with Crippen LogP contribution in [0.25, 0.3) is 0 Å². The third-order valence-electron chi connectivity index (χ3n) is 5.77. The molecule has 158 valence electrons. The van der Waals surface area contributed by atoms with Crippen molar-refractivity contribution in [2.75, 3.05) is 31.7 Å². The first-order valence-electron chi connectivity index (χ1n) is 10.2. The molecule has 0 N–H and O–H groups in total. The normalized spacial score (nSPS) is 18.2. The standard InChI is InChI=1S/C22H25FN4O3/c1-14-17-12-19(28)27(11-9-15-5-7-16(23)8-6-15)22(17)25-21(24-14)18-4-3-10-26(18)20(29)13-30-2/h5-8,18H,3-4,9-13H2,1-2H3/t18-/m0/s1. The first kappa shape index (κ1) is 20.4. The van der Waals surface area contributed by atoms with Crippen molar-refractivity contribution in [3.05, 3.63) is 52.7 Å². The van der Waals surface area contributed by atoms with Gasteiger partial charge in [0.05, 0.1) is 12.5 Å². The van der Waals surface area contributed by atoms with Gasteiger partial charge >= 0.3 is 0 Å². The van der Waals surface area contributed by atoms with Gasteiger partial charge in [0, 0.05) is 31.5 Å². The van der Waals surface area contributed by atoms with Gasteiger partial charge in [-0.1, -0.05) is 12.1 Å². The second-order valence-corrected chi connectivity index (χ2v) is 7.75. The van der Waals surface area contributed by atoms with Crippen LogP contribution in [0.2, 0.25) is 0 Å². The lowest BCUT2D eigenvalue weighted by molar-refractivity contribution is -0.136. The molecule has 0 spiro atoms. The Hall–Kier alpha value is -2.87. The Morgan fingerprint density at radius 1 is 1.27 bits per heavy atom. The number of aromatic nitrogens is 2. The molecule has 8 heteroatoms. The Labute approximate surface area is 174 Å². The Kier molecular flexibility index (Phi) is 5.76. The summed E-state index contributed by atoms with van der Waals surface area (Å²) in [5.74, 6) is 0.843. The molecule has 0 unspecified atom stereocenters. The van der Waals surface area contributed by atoms with E-state index < -0.39 is 0 Å². The molecule has 1 aromatic heterocycles. The Morgan fingerprint density at radius 2 is 2.03 bits per heavy atom. The van der Waals surface area contributed by atoms with Crippen molar-refractivity contribution in [3.63, 3.8) is 0 Å². The third-order valence-corrected chi connectivity index (χ3v) is 5.77. The van der Waals surface area contributed by atoms with Gasteiger partial charge in [0.25, 0.3) is 0 Å². The number of fused-ring (bicyclic) bond motifs is 1. The van der Waals surface area contributed by atoms with E-state index in [4.69, 9.17) is 9.72 Å². The smallest absolute Gasteiger partial charge is 0.249 e. The maximum atomic E-state index is 13.1. The zero-order valence-electron chi connectivity index (χ0n) is 17.2. The summed E-state index contributed by atoms with van der Waals surface area (Å²) >= 11 is 0. The van der Waals surface area contributed by atoms with Gasteiger partial charge in [-0.25, -0.2) is 14.4 Å². The van der Waals surface area contributed by atoms with Crippen molar-refractivity contribution in [1.29, 1.82) is 0 Å². The van der Waals surface area contributed by atoms with Gasteiger partial charge in [-0.3, -0.25) is 14.5 Å². The lowest BCUT2D eigenvalue weighted by atomic mass is 10.1. The predicted octanol–water partition coefficient (Wildman–Crippen LogP) is 2.37. The van der Waals surface area contributed by atoms with Crippen molar-refractivity contribution < 1.29 is 18.7 Å². The largest absolute Gasteiger partial charge is 0.375 e. The minimum Gasteiger partial charge on any atom is -0.375 e. The second-order valence-electron chi connectivity index (χ2n) is 7.75. The quantitative estimate of drug-likeness (QED) is 0.728. The average Bonchev–Trinajstić information content (AvgIpc) is 3.33. The van der Waals surface area contributed by atoms with E-state index in [0.717, 1.165) is 29.7 Å². The van der Waals surface area contributed by atoms with Crippen molar-refractivity contribution in [1.82, 2.24) is 14.9 Å². The van der Waals surface area contributed by atoms with Gasteiger partial charge in [0.15, 0.2) is 5.82 Å². The SMILES string of the molecule is COCC(=O)N1CCC[C@H]1c1nc(C)c2c(n1)N(CCc1ccc(F)cc1)C(=O)C2. The molecule has 2 amide bonds. The van der Waals surface area contributed by atoms with Crippen LogP contribution in [0.15, 0.2) is 24.3 Å². The summed E-state index contributed by atoms with van der Waals surface area (Å²) in [6.45, 7) is 3.03. The van der Waals surface area contributed by atoms with E-state index in [9.17, 15) is 14.0 Å². The van der Waals surface area contributed by atoms with Gasteiger partial charge in [-0.15, -0.1) is 0 Å². The number of carbonyl (C=O) groups is 2. The van der Waals surface area contributed by atoms with Crippen LogP contribution in [-0.2, 0) is 27.2 Å². The Morgan fingerprint density at radius 3 is 2.77 bits per heavy atom. The molecule has 4 rings (SSSR count). The summed E-state index contributed by atoms with van der Waals surface area (Å²) in [4.78, 5) is 37.9. The number of anilines is 1. The maximum Gasteiger partial charge on any atom is 0.249 e. The Balaban J connectivity index is 1.58. The molecular formula is C22H25FN4O3. The molecule has 0 radical (unpaired) electrons. The fraction of sp³-hybridized carbons (Fsp3) is 0.455. The monoisotopic (exact) mass is 412 g/mol. The summed E-state index contributed by atoms with van der Waals surface area (Å²) < 4.78 is 18.1. The molecule has 2 aromatic rings. The number of hydrogen-bond acceptors (Lipinski definition) is 5. The number of hydrogen-bond donors (Lipinski definition) is 0. The van der Waals surface area contributed by atoms with Crippen LogP contribution in [-0.4, -0.2) is 53.5 Å². The number of benzene rings is 1. The third kappa shape index (κ3) is 3.92. The fourth-order valence-electron chi connectivity index (χ4n) is 4.21. The van der Waals surface area contributed by atoms with Gasteiger partial charge < -0.3 is 9.64 Å². The Bertz CT molecular complexity index is 964. The highest BCUT2D eigenvalue weighted by molar-refractivity contribution is 6.00. The van der Waals surface area contributed by atoms with Crippen molar-refractivity contribution in [2.24, 2.45) is 0 Å². The maximum absolute atomic E-state index is 13.1. The van der Waals surface area contributed by atoms with Crippen LogP contribution in [0, 0.1) is 12.7 Å². The zero-order chi connectivity index (χ0) is 21.3. The van der Waals surface area contributed by atoms with E-state index in [2.05, 4.69) is 4.98 Å². The molecule has 0 bridgehead atoms. The number of methoxy groups -OCH3 is 1. The molecule has 1 atom stereocenters. The van der Waals surface area contributed by atoms with Crippen molar-refractivity contribution >= 4 is 17.6 Å². The van der Waals surface area contributed by atoms with Crippen LogP contribution < -0.4 is 4.90 Å². The van der Waals surface area contributed by atoms with E-state index in [0.29, 0.717) is 31.2 Å². The van der Waals surface area contributed by atoms with E-state index in [1.165, 1.54) is 19.2 Å². The minimum atomic E-state index is -0.279. The summed E-state index contributed by atoms with van der Waals surface area (Å²) in [5.41, 5.74) is 2.57. The molecule has 30 heavy (non-hydrogen) atoms. The number of halogens is 1. The lowest BCUT2D eigenvalue weighted by Gasteiger charge is -2.25. The van der Waals surface area contributed by atoms with Crippen molar-refractivity contribution in [3.8, 4) is 0 Å². The van der Waals surface area contributed by atoms with Crippen LogP contribution >= 0.6 is 0 Å². The molecular weight excluding hydrogens is 387 g/mol. The summed E-state index contributed by atoms with van der Waals surface area (Å²) in [6.07, 6.45) is 2.55. The number of carbonyl (C=O) groups excluding carboxylic acids is 2. The van der Waals surface area contributed by atoms with Crippen LogP contribution in [0.3, 0.4) is 0 Å². The van der Waals surface area contributed by atoms with E-state index in [1.54, 1.807) is 21.9 Å². The van der Waals surface area contributed by atoms with E-state index >= 15 is 0 Å². The number of likely N-dealkylation sites (tertiary alicyclic amines) is 1. The number of ether oxygens (including phenoxy) is 1. The van der Waals surface area contributed by atoms with Gasteiger partial charge in [-0.05, 0) is 43.9 Å². The molecule has 1 saturated heterocycles. The summed E-state index contributed by atoms with van der Waals surface area (Å²) in [7, 11) is 1.50. The van der Waals surface area contributed by atoms with Crippen LogP contribution in [0.5, 0.6) is 0 Å². The summed E-state index contributed by atoms with van der Waals surface area (Å²) in [6, 6.07) is 6.10. The first-order valence-corrected chi connectivity index (χ1v) is 10.2. The molecule has 7 nitrogen and oxygen atoms in total. The van der Waals surface area contributed by atoms with E-state index in [-0.39, 0.29) is 36.7 Å². The molecule has 0 aliphatic carbocycles. The average molecular weight is 412 g/mol. The zero-order valence-corrected chi connectivity index (χ0v) is 17.2. The molecule has 1 fully saturated rings. The number of amides is 2. The first-order chi connectivity index (χ1) is 14.5. The van der Waals surface area contributed by atoms with E-state index in [1.807, 2.05) is 6.92 Å². The molecule has 3 heterocycles. The number of nitrogens with zero attached hydrogens (tertiary/aromatic N) is 4. The fourth-order valence-corrected chi connectivity index (χ4v) is 4.21. The highest BCUT2D eigenvalue weighted by Crippen LogP contribution is 2.35. The molecule has 2 aliphatic rings. The lowest BCUT2D eigenvalue weighted by Crippen LogP contribution is -2.34. The second kappa shape index (κ2) is 8.47.